The second-order valence-electron chi connectivity index (χ2n) is 4.94. The molecule has 2 heterocycles. The van der Waals surface area contributed by atoms with Crippen LogP contribution in [0.15, 0.2) is 22.7 Å². The Morgan fingerprint density at radius 3 is 2.70 bits per heavy atom. The van der Waals surface area contributed by atoms with Gasteiger partial charge >= 0.3 is 6.18 Å². The number of aromatic nitrogens is 3. The third-order valence-electron chi connectivity index (χ3n) is 2.96. The summed E-state index contributed by atoms with van der Waals surface area (Å²) in [4.78, 5) is 9.99. The van der Waals surface area contributed by atoms with E-state index in [2.05, 4.69) is 20.4 Å². The van der Waals surface area contributed by atoms with Crippen LogP contribution >= 0.6 is 11.3 Å². The van der Waals surface area contributed by atoms with Gasteiger partial charge in [0.1, 0.15) is 0 Å². The number of nitrogens with one attached hydrogen (secondary N) is 1. The van der Waals surface area contributed by atoms with Crippen molar-refractivity contribution in [3.63, 3.8) is 0 Å². The van der Waals surface area contributed by atoms with Crippen molar-refractivity contribution in [3.8, 4) is 0 Å². The Balaban J connectivity index is 1.75. The van der Waals surface area contributed by atoms with Gasteiger partial charge in [-0.25, -0.2) is 4.98 Å². The highest BCUT2D eigenvalue weighted by Gasteiger charge is 2.30. The molecule has 0 amide bonds. The fourth-order valence-electron chi connectivity index (χ4n) is 1.83. The van der Waals surface area contributed by atoms with Crippen molar-refractivity contribution in [3.05, 3.63) is 29.7 Å². The van der Waals surface area contributed by atoms with Crippen LogP contribution in [0.4, 0.5) is 24.3 Å². The predicted octanol–water partition coefficient (Wildman–Crippen LogP) is 3.38. The van der Waals surface area contributed by atoms with Crippen LogP contribution in [0.1, 0.15) is 11.5 Å². The zero-order valence-electron chi connectivity index (χ0n) is 12.2. The standard InChI is InChI=1S/C13H12F3N5OS/c1-21(2)11-19-10(22-20-11)6-17-12-18-8-5-7(13(14,15)16)3-4-9(8)23-12/h3-5H,6H2,1-2H3,(H,17,18). The molecule has 0 bridgehead atoms. The van der Waals surface area contributed by atoms with Gasteiger partial charge < -0.3 is 14.7 Å². The number of hydrogen-bond acceptors (Lipinski definition) is 7. The van der Waals surface area contributed by atoms with E-state index in [-0.39, 0.29) is 6.54 Å². The molecule has 0 unspecified atom stereocenters. The maximum absolute atomic E-state index is 12.7. The molecule has 23 heavy (non-hydrogen) atoms. The van der Waals surface area contributed by atoms with Gasteiger partial charge in [-0.3, -0.25) is 0 Å². The molecule has 0 saturated carbocycles. The van der Waals surface area contributed by atoms with E-state index >= 15 is 0 Å². The summed E-state index contributed by atoms with van der Waals surface area (Å²) in [5, 5.41) is 7.23. The van der Waals surface area contributed by atoms with E-state index in [0.717, 1.165) is 12.1 Å². The van der Waals surface area contributed by atoms with Gasteiger partial charge in [0.15, 0.2) is 5.13 Å². The minimum Gasteiger partial charge on any atom is -0.352 e. The van der Waals surface area contributed by atoms with Gasteiger partial charge in [0.2, 0.25) is 5.89 Å². The van der Waals surface area contributed by atoms with E-state index in [1.54, 1.807) is 19.0 Å². The third-order valence-corrected chi connectivity index (χ3v) is 3.96. The first-order valence-corrected chi connectivity index (χ1v) is 7.36. The Kier molecular flexibility index (Phi) is 3.84. The topological polar surface area (TPSA) is 67.1 Å². The zero-order chi connectivity index (χ0) is 16.6. The Morgan fingerprint density at radius 1 is 1.26 bits per heavy atom. The van der Waals surface area contributed by atoms with Gasteiger partial charge in [-0.2, -0.15) is 18.2 Å². The largest absolute Gasteiger partial charge is 0.416 e. The van der Waals surface area contributed by atoms with Crippen LogP contribution in [-0.2, 0) is 12.7 Å². The third kappa shape index (κ3) is 3.36. The number of halogens is 3. The average Bonchev–Trinajstić information content (AvgIpc) is 3.09. The van der Waals surface area contributed by atoms with Gasteiger partial charge in [0.25, 0.3) is 5.95 Å². The molecule has 0 aliphatic carbocycles. The Bertz CT molecular complexity index is 826. The molecule has 0 radical (unpaired) electrons. The lowest BCUT2D eigenvalue weighted by atomic mass is 10.2. The average molecular weight is 343 g/mol. The first-order valence-electron chi connectivity index (χ1n) is 6.54. The number of fused-ring (bicyclic) bond motifs is 1. The molecule has 2 aromatic heterocycles. The number of anilines is 2. The van der Waals surface area contributed by atoms with Crippen LogP contribution < -0.4 is 10.2 Å². The maximum Gasteiger partial charge on any atom is 0.416 e. The SMILES string of the molecule is CN(C)c1noc(CNc2nc3cc(C(F)(F)F)ccc3s2)n1. The number of alkyl halides is 3. The van der Waals surface area contributed by atoms with Crippen LogP contribution in [0.2, 0.25) is 0 Å². The van der Waals surface area contributed by atoms with Crippen molar-refractivity contribution in [1.29, 1.82) is 0 Å². The molecule has 3 aromatic rings. The van der Waals surface area contributed by atoms with Crippen molar-refractivity contribution >= 4 is 32.6 Å². The fourth-order valence-corrected chi connectivity index (χ4v) is 2.67. The fraction of sp³-hybridized carbons (Fsp3) is 0.308. The Hall–Kier alpha value is -2.36. The lowest BCUT2D eigenvalue weighted by molar-refractivity contribution is -0.137. The summed E-state index contributed by atoms with van der Waals surface area (Å²) in [6, 6.07) is 3.50. The highest BCUT2D eigenvalue weighted by atomic mass is 32.1. The highest BCUT2D eigenvalue weighted by Crippen LogP contribution is 2.34. The summed E-state index contributed by atoms with van der Waals surface area (Å²) >= 11 is 1.26. The monoisotopic (exact) mass is 343 g/mol. The van der Waals surface area contributed by atoms with E-state index in [0.29, 0.717) is 27.2 Å². The molecule has 0 aliphatic heterocycles. The van der Waals surface area contributed by atoms with Gasteiger partial charge in [0, 0.05) is 14.1 Å². The van der Waals surface area contributed by atoms with E-state index < -0.39 is 11.7 Å². The number of rotatable bonds is 4. The molecule has 0 aliphatic rings. The molecule has 1 N–H and O–H groups in total. The summed E-state index contributed by atoms with van der Waals surface area (Å²) in [6.07, 6.45) is -4.38. The second-order valence-corrected chi connectivity index (χ2v) is 5.97. The summed E-state index contributed by atoms with van der Waals surface area (Å²) in [7, 11) is 3.57. The van der Waals surface area contributed by atoms with Crippen molar-refractivity contribution < 1.29 is 17.7 Å². The smallest absolute Gasteiger partial charge is 0.352 e. The van der Waals surface area contributed by atoms with Gasteiger partial charge in [0.05, 0.1) is 22.3 Å². The highest BCUT2D eigenvalue weighted by molar-refractivity contribution is 7.22. The molecule has 1 aromatic carbocycles. The summed E-state index contributed by atoms with van der Waals surface area (Å²) in [5.74, 6) is 0.810. The molecule has 3 rings (SSSR count). The van der Waals surface area contributed by atoms with Gasteiger partial charge in [-0.15, -0.1) is 0 Å². The molecule has 0 atom stereocenters. The van der Waals surface area contributed by atoms with Crippen molar-refractivity contribution in [2.45, 2.75) is 12.7 Å². The lowest BCUT2D eigenvalue weighted by Crippen LogP contribution is -2.10. The zero-order valence-corrected chi connectivity index (χ0v) is 13.0. The Morgan fingerprint density at radius 2 is 2.04 bits per heavy atom. The number of thiazole rings is 1. The van der Waals surface area contributed by atoms with Crippen LogP contribution in [0.5, 0.6) is 0 Å². The molecule has 0 saturated heterocycles. The van der Waals surface area contributed by atoms with Gasteiger partial charge in [-0.05, 0) is 23.4 Å². The normalized spacial score (nSPS) is 11.9. The molecule has 122 valence electrons. The van der Waals surface area contributed by atoms with Crippen LogP contribution in [0.25, 0.3) is 10.2 Å². The minimum atomic E-state index is -4.38. The molecule has 0 fully saturated rings. The quantitative estimate of drug-likeness (QED) is 0.783. The Labute approximate surface area is 132 Å². The minimum absolute atomic E-state index is 0.243. The van der Waals surface area contributed by atoms with Crippen molar-refractivity contribution in [2.24, 2.45) is 0 Å². The van der Waals surface area contributed by atoms with Crippen molar-refractivity contribution in [1.82, 2.24) is 15.1 Å². The van der Waals surface area contributed by atoms with E-state index in [4.69, 9.17) is 4.52 Å². The van der Waals surface area contributed by atoms with Gasteiger partial charge in [-0.1, -0.05) is 11.3 Å². The maximum atomic E-state index is 12.7. The molecule has 10 heteroatoms. The number of nitrogens with zero attached hydrogens (tertiary/aromatic N) is 4. The summed E-state index contributed by atoms with van der Waals surface area (Å²) in [6.45, 7) is 0.243. The predicted molar refractivity (Wildman–Crippen MR) is 80.6 cm³/mol. The molecule has 6 nitrogen and oxygen atoms in total. The number of hydrogen-bond donors (Lipinski definition) is 1. The summed E-state index contributed by atoms with van der Waals surface area (Å²) in [5.41, 5.74) is -0.416. The van der Waals surface area contributed by atoms with Crippen LogP contribution in [0.3, 0.4) is 0 Å². The van der Waals surface area contributed by atoms with E-state index in [1.807, 2.05) is 0 Å². The molecule has 0 spiro atoms. The lowest BCUT2D eigenvalue weighted by Gasteiger charge is -2.04. The number of benzene rings is 1. The molecular weight excluding hydrogens is 331 g/mol. The van der Waals surface area contributed by atoms with Crippen LogP contribution in [0, 0.1) is 0 Å². The molecular formula is C13H12F3N5OS. The first kappa shape index (κ1) is 15.5. The second kappa shape index (κ2) is 5.69. The van der Waals surface area contributed by atoms with Crippen LogP contribution in [-0.4, -0.2) is 29.2 Å². The first-order chi connectivity index (χ1) is 10.8. The van der Waals surface area contributed by atoms with E-state index in [9.17, 15) is 13.2 Å². The van der Waals surface area contributed by atoms with E-state index in [1.165, 1.54) is 17.4 Å². The summed E-state index contributed by atoms with van der Waals surface area (Å²) < 4.78 is 43.8. The van der Waals surface area contributed by atoms with Crippen molar-refractivity contribution in [2.75, 3.05) is 24.3 Å².